The number of carbonyl (C=O) groups excluding carboxylic acids is 2. The van der Waals surface area contributed by atoms with E-state index in [0.29, 0.717) is 0 Å². The Morgan fingerprint density at radius 1 is 1.19 bits per heavy atom. The van der Waals surface area contributed by atoms with Gasteiger partial charge in [-0.2, -0.15) is 0 Å². The highest BCUT2D eigenvalue weighted by Gasteiger charge is 2.58. The first-order chi connectivity index (χ1) is 12.3. The molecule has 6 nitrogen and oxygen atoms in total. The van der Waals surface area contributed by atoms with Gasteiger partial charge >= 0.3 is 0 Å². The van der Waals surface area contributed by atoms with Crippen LogP contribution < -0.4 is 0 Å². The van der Waals surface area contributed by atoms with Crippen molar-refractivity contribution in [2.75, 3.05) is 0 Å². The lowest BCUT2D eigenvalue weighted by Gasteiger charge is -2.43. The zero-order chi connectivity index (χ0) is 20.7. The van der Waals surface area contributed by atoms with Crippen molar-refractivity contribution in [2.45, 2.75) is 31.0 Å². The highest BCUT2D eigenvalue weighted by atomic mass is 35.5. The number of Topliss-reactive ketones (excluding diaryl/α,β-unsaturated/α-hetero) is 1. The second-order valence-electron chi connectivity index (χ2n) is 6.89. The molecule has 0 unspecified atom stereocenters. The van der Waals surface area contributed by atoms with Crippen LogP contribution in [0.3, 0.4) is 0 Å². The molecule has 2 atom stereocenters. The minimum Gasteiger partial charge on any atom is -0.291 e. The van der Waals surface area contributed by atoms with Crippen molar-refractivity contribution >= 4 is 69.5 Å². The number of alkyl halides is 2. The van der Waals surface area contributed by atoms with Crippen LogP contribution >= 0.6 is 46.4 Å². The van der Waals surface area contributed by atoms with E-state index in [-0.39, 0.29) is 27.0 Å². The number of allylic oxidation sites excluding steroid dienone is 2. The van der Waals surface area contributed by atoms with E-state index in [1.54, 1.807) is 20.8 Å². The van der Waals surface area contributed by atoms with E-state index in [4.69, 9.17) is 46.4 Å². The summed E-state index contributed by atoms with van der Waals surface area (Å²) in [5.41, 5.74) is -1.06. The van der Waals surface area contributed by atoms with Gasteiger partial charge in [-0.25, -0.2) is 4.99 Å². The van der Waals surface area contributed by atoms with Crippen molar-refractivity contribution in [3.63, 3.8) is 0 Å². The van der Waals surface area contributed by atoms with Gasteiger partial charge in [-0.15, -0.1) is 23.2 Å². The van der Waals surface area contributed by atoms with E-state index in [1.165, 1.54) is 24.3 Å². The van der Waals surface area contributed by atoms with Crippen molar-refractivity contribution in [1.82, 2.24) is 0 Å². The number of hydrogen-bond acceptors (Lipinski definition) is 4. The lowest BCUT2D eigenvalue weighted by molar-refractivity contribution is -0.384. The molecule has 0 fully saturated rings. The number of non-ortho nitro benzene ring substituents is 1. The predicted molar refractivity (Wildman–Crippen MR) is 106 cm³/mol. The van der Waals surface area contributed by atoms with Gasteiger partial charge in [0.2, 0.25) is 0 Å². The fraction of sp³-hybridized carbons (Fsp3) is 0.353. The van der Waals surface area contributed by atoms with Crippen LogP contribution in [0.1, 0.15) is 31.1 Å². The molecule has 1 aliphatic carbocycles. The van der Waals surface area contributed by atoms with Gasteiger partial charge in [-0.3, -0.25) is 19.7 Å². The molecular formula is C17H14Cl4N2O4. The first-order valence-corrected chi connectivity index (χ1v) is 9.20. The maximum absolute atomic E-state index is 12.6. The summed E-state index contributed by atoms with van der Waals surface area (Å²) in [7, 11) is 0. The number of halogens is 4. The first-order valence-electron chi connectivity index (χ1n) is 7.63. The molecule has 2 rings (SSSR count). The predicted octanol–water partition coefficient (Wildman–Crippen LogP) is 5.08. The number of benzene rings is 1. The van der Waals surface area contributed by atoms with E-state index in [1.807, 2.05) is 0 Å². The van der Waals surface area contributed by atoms with E-state index in [9.17, 15) is 19.7 Å². The minimum absolute atomic E-state index is 0.0744. The SMILES string of the molecule is CC(C)(C)[C@]1(Cl)C(=O)C(Cl)=C(Cl)C(=NC(=O)c2ccc([N+](=O)[O-])cc2)[C@@H]1Cl. The molecule has 1 aromatic carbocycles. The molecule has 0 saturated heterocycles. The molecule has 0 aromatic heterocycles. The lowest BCUT2D eigenvalue weighted by atomic mass is 9.71. The number of rotatable bonds is 2. The smallest absolute Gasteiger partial charge is 0.277 e. The molecule has 1 aromatic rings. The van der Waals surface area contributed by atoms with Gasteiger partial charge < -0.3 is 0 Å². The number of nitro benzene ring substituents is 1. The third-order valence-corrected chi connectivity index (χ3v) is 6.62. The van der Waals surface area contributed by atoms with Crippen LogP contribution in [0, 0.1) is 15.5 Å². The molecule has 144 valence electrons. The minimum atomic E-state index is -1.67. The summed E-state index contributed by atoms with van der Waals surface area (Å²) in [6.07, 6.45) is 0. The fourth-order valence-corrected chi connectivity index (χ4v) is 3.88. The summed E-state index contributed by atoms with van der Waals surface area (Å²) >= 11 is 25.1. The zero-order valence-corrected chi connectivity index (χ0v) is 17.4. The zero-order valence-electron chi connectivity index (χ0n) is 14.4. The van der Waals surface area contributed by atoms with Crippen LogP contribution in [-0.2, 0) is 4.79 Å². The highest BCUT2D eigenvalue weighted by Crippen LogP contribution is 2.49. The number of carbonyl (C=O) groups is 2. The summed E-state index contributed by atoms with van der Waals surface area (Å²) in [6.45, 7) is 5.10. The molecule has 0 spiro atoms. The molecule has 0 saturated carbocycles. The third-order valence-electron chi connectivity index (χ3n) is 4.18. The molecule has 10 heteroatoms. The van der Waals surface area contributed by atoms with Crippen molar-refractivity contribution < 1.29 is 14.5 Å². The quantitative estimate of drug-likeness (QED) is 0.356. The number of aliphatic imine (C=N–C) groups is 1. The molecule has 0 radical (unpaired) electrons. The molecule has 1 amide bonds. The monoisotopic (exact) mass is 450 g/mol. The van der Waals surface area contributed by atoms with Crippen LogP contribution in [0.4, 0.5) is 5.69 Å². The Morgan fingerprint density at radius 3 is 2.15 bits per heavy atom. The number of nitrogens with zero attached hydrogens (tertiary/aromatic N) is 2. The molecule has 1 aliphatic rings. The Balaban J connectivity index is 2.53. The van der Waals surface area contributed by atoms with Gasteiger partial charge in [0.05, 0.1) is 15.7 Å². The number of nitro groups is 1. The molecule has 0 aliphatic heterocycles. The molecular weight excluding hydrogens is 438 g/mol. The van der Waals surface area contributed by atoms with Gasteiger partial charge in [0.25, 0.3) is 11.6 Å². The van der Waals surface area contributed by atoms with E-state index < -0.39 is 32.3 Å². The van der Waals surface area contributed by atoms with Crippen LogP contribution in [0.25, 0.3) is 0 Å². The van der Waals surface area contributed by atoms with Gasteiger partial charge in [0, 0.05) is 17.7 Å². The number of amides is 1. The fourth-order valence-electron chi connectivity index (χ4n) is 2.51. The van der Waals surface area contributed by atoms with Crippen molar-refractivity contribution in [3.05, 3.63) is 50.0 Å². The van der Waals surface area contributed by atoms with E-state index in [0.717, 1.165) is 0 Å². The largest absolute Gasteiger partial charge is 0.291 e. The summed E-state index contributed by atoms with van der Waals surface area (Å²) in [4.78, 5) is 37.4. The summed E-state index contributed by atoms with van der Waals surface area (Å²) in [6, 6.07) is 4.83. The summed E-state index contributed by atoms with van der Waals surface area (Å²) in [5, 5.41) is 8.88. The maximum atomic E-state index is 12.6. The van der Waals surface area contributed by atoms with Crippen LogP contribution in [-0.4, -0.2) is 32.6 Å². The normalized spacial score (nSPS) is 25.1. The van der Waals surface area contributed by atoms with Crippen molar-refractivity contribution in [2.24, 2.45) is 10.4 Å². The Hall–Kier alpha value is -1.47. The topological polar surface area (TPSA) is 89.6 Å². The second-order valence-corrected chi connectivity index (χ2v) is 8.68. The van der Waals surface area contributed by atoms with Gasteiger partial charge in [-0.1, -0.05) is 44.0 Å². The third kappa shape index (κ3) is 3.76. The average molecular weight is 452 g/mol. The summed E-state index contributed by atoms with van der Waals surface area (Å²) in [5.74, 6) is -1.40. The molecule has 0 bridgehead atoms. The highest BCUT2D eigenvalue weighted by molar-refractivity contribution is 6.65. The standard InChI is InChI=1S/C17H14Cl4N2O4/c1-16(2,3)17(21)13(20)12(10(18)11(19)14(17)24)22-15(25)8-4-6-9(7-5-8)23(26)27/h4-7,13H,1-3H3/t13-,17+/m0/s1. The van der Waals surface area contributed by atoms with Gasteiger partial charge in [0.15, 0.2) is 5.78 Å². The summed E-state index contributed by atoms with van der Waals surface area (Å²) < 4.78 is 0. The Bertz CT molecular complexity index is 887. The van der Waals surface area contributed by atoms with Gasteiger partial charge in [-0.05, 0) is 17.5 Å². The van der Waals surface area contributed by atoms with Crippen LogP contribution in [0.5, 0.6) is 0 Å². The van der Waals surface area contributed by atoms with Crippen molar-refractivity contribution in [3.8, 4) is 0 Å². The van der Waals surface area contributed by atoms with Gasteiger partial charge in [0.1, 0.15) is 15.3 Å². The molecule has 0 N–H and O–H groups in total. The Kier molecular flexibility index (Phi) is 6.07. The number of ketones is 1. The van der Waals surface area contributed by atoms with E-state index in [2.05, 4.69) is 4.99 Å². The van der Waals surface area contributed by atoms with Crippen molar-refractivity contribution in [1.29, 1.82) is 0 Å². The van der Waals surface area contributed by atoms with Crippen LogP contribution in [0.15, 0.2) is 39.3 Å². The van der Waals surface area contributed by atoms with E-state index >= 15 is 0 Å². The Morgan fingerprint density at radius 2 is 1.70 bits per heavy atom. The Labute approximate surface area is 175 Å². The average Bonchev–Trinajstić information content (AvgIpc) is 2.60. The second kappa shape index (κ2) is 7.51. The molecule has 27 heavy (non-hydrogen) atoms. The number of hydrogen-bond donors (Lipinski definition) is 0. The molecule has 0 heterocycles. The first kappa shape index (κ1) is 21.8. The maximum Gasteiger partial charge on any atom is 0.277 e. The van der Waals surface area contributed by atoms with Crippen LogP contribution in [0.2, 0.25) is 0 Å². The lowest BCUT2D eigenvalue weighted by Crippen LogP contribution is -2.57.